The van der Waals surface area contributed by atoms with Gasteiger partial charge in [-0.1, -0.05) is 82.8 Å². The monoisotopic (exact) mass is 1280 g/mol. The smallest absolute Gasteiger partial charge is 0.351 e. The first-order chi connectivity index (χ1) is 42.0. The Morgan fingerprint density at radius 1 is 0.644 bits per heavy atom. The number of alkyl halides is 3. The van der Waals surface area contributed by atoms with Gasteiger partial charge in [-0.15, -0.1) is 0 Å². The van der Waals surface area contributed by atoms with Crippen molar-refractivity contribution < 1.29 is 65.9 Å². The number of hydrogen-bond acceptors (Lipinski definition) is 11. The Morgan fingerprint density at radius 2 is 1.23 bits per heavy atom. The summed E-state index contributed by atoms with van der Waals surface area (Å²) in [6, 6.07) is 2.31. The van der Waals surface area contributed by atoms with Crippen molar-refractivity contribution in [2.24, 2.45) is 17.8 Å². The van der Waals surface area contributed by atoms with Crippen LogP contribution in [0.4, 0.5) is 13.2 Å². The van der Waals surface area contributed by atoms with E-state index in [4.69, 9.17) is 11.6 Å². The van der Waals surface area contributed by atoms with Gasteiger partial charge < -0.3 is 55.6 Å². The van der Waals surface area contributed by atoms with Gasteiger partial charge >= 0.3 is 6.18 Å². The van der Waals surface area contributed by atoms with Gasteiger partial charge in [0.15, 0.2) is 0 Å². The van der Waals surface area contributed by atoms with Crippen LogP contribution in [0.2, 0.25) is 5.02 Å². The van der Waals surface area contributed by atoms with Crippen LogP contribution in [0.3, 0.4) is 0 Å². The minimum Gasteiger partial charge on any atom is -0.351 e. The van der Waals surface area contributed by atoms with Gasteiger partial charge in [0, 0.05) is 72.2 Å². The number of aryl methyl sites for hydroxylation is 1. The van der Waals surface area contributed by atoms with E-state index < -0.39 is 156 Å². The van der Waals surface area contributed by atoms with E-state index in [0.717, 1.165) is 38.2 Å². The van der Waals surface area contributed by atoms with E-state index in [1.165, 1.54) is 89.9 Å². The molecule has 5 rings (SSSR count). The van der Waals surface area contributed by atoms with Crippen LogP contribution in [0.15, 0.2) is 48.5 Å². The third-order valence-electron chi connectivity index (χ3n) is 17.8. The molecule has 90 heavy (non-hydrogen) atoms. The maximum absolute atomic E-state index is 15.4. The summed E-state index contributed by atoms with van der Waals surface area (Å²) in [5.41, 5.74) is -1.61. The first-order valence-corrected chi connectivity index (χ1v) is 31.3. The van der Waals surface area contributed by atoms with E-state index >= 15 is 4.79 Å². The highest BCUT2D eigenvalue weighted by atomic mass is 35.5. The summed E-state index contributed by atoms with van der Waals surface area (Å²) in [7, 11) is 8.23. The predicted octanol–water partition coefficient (Wildman–Crippen LogP) is 4.43. The normalized spacial score (nSPS) is 26.6. The summed E-state index contributed by atoms with van der Waals surface area (Å²) in [5, 5.41) is 11.7. The van der Waals surface area contributed by atoms with Crippen LogP contribution >= 0.6 is 11.6 Å². The van der Waals surface area contributed by atoms with Crippen molar-refractivity contribution in [2.75, 3.05) is 61.9 Å². The van der Waals surface area contributed by atoms with Gasteiger partial charge in [-0.2, -0.15) is 13.2 Å². The van der Waals surface area contributed by atoms with Crippen LogP contribution in [0, 0.1) is 17.8 Å². The molecule has 498 valence electrons. The molecular weight excluding hydrogens is 1190 g/mol. The second-order valence-electron chi connectivity index (χ2n) is 25.8. The summed E-state index contributed by atoms with van der Waals surface area (Å²) < 4.78 is 41.0. The van der Waals surface area contributed by atoms with Crippen molar-refractivity contribution in [1.82, 2.24) is 55.6 Å². The van der Waals surface area contributed by atoms with Crippen LogP contribution in [0.25, 0.3) is 0 Å². The van der Waals surface area contributed by atoms with Crippen molar-refractivity contribution in [3.05, 3.63) is 70.2 Å². The van der Waals surface area contributed by atoms with Crippen LogP contribution in [-0.2, 0) is 71.8 Å². The maximum Gasteiger partial charge on any atom is 0.416 e. The molecule has 3 fully saturated rings. The molecule has 1 saturated carbocycles. The number of likely N-dealkylation sites (N-methyl/N-ethyl adjacent to an activating group) is 6. The second kappa shape index (κ2) is 31.6. The third-order valence-corrected chi connectivity index (χ3v) is 18.1. The first-order valence-electron chi connectivity index (χ1n) is 30.9. The molecule has 2 aromatic carbocycles. The van der Waals surface area contributed by atoms with Gasteiger partial charge in [0.1, 0.15) is 41.8 Å². The van der Waals surface area contributed by atoms with E-state index in [9.17, 15) is 61.1 Å². The first kappa shape index (κ1) is 73.4. The molecule has 2 heterocycles. The van der Waals surface area contributed by atoms with Crippen LogP contribution < -0.4 is 21.3 Å². The average molecular weight is 1280 g/mol. The molecule has 3 aliphatic rings. The molecule has 10 atom stereocenters. The number of hydrogen-bond donors (Lipinski definition) is 4. The second-order valence-corrected chi connectivity index (χ2v) is 26.2. The highest BCUT2D eigenvalue weighted by molar-refractivity contribution is 6.30. The summed E-state index contributed by atoms with van der Waals surface area (Å²) in [5.74, 6) is -8.11. The average Bonchev–Trinajstić information content (AvgIpc) is 1.71. The Kier molecular flexibility index (Phi) is 25.8. The topological polar surface area (TPSA) is 259 Å². The molecule has 0 spiro atoms. The molecule has 2 aromatic rings. The molecule has 22 nitrogen and oxygen atoms in total. The van der Waals surface area contributed by atoms with Crippen molar-refractivity contribution in [3.8, 4) is 0 Å². The van der Waals surface area contributed by atoms with Gasteiger partial charge in [-0.25, -0.2) is 0 Å². The highest BCUT2D eigenvalue weighted by Gasteiger charge is 2.51. The van der Waals surface area contributed by atoms with Crippen LogP contribution in [0.5, 0.6) is 0 Å². The van der Waals surface area contributed by atoms with E-state index in [1.807, 2.05) is 20.8 Å². The molecular formula is C64H93ClF3N11O11. The lowest BCUT2D eigenvalue weighted by Crippen LogP contribution is -2.63. The minimum atomic E-state index is -4.62. The zero-order valence-corrected chi connectivity index (χ0v) is 55.3. The van der Waals surface area contributed by atoms with Gasteiger partial charge in [0.25, 0.3) is 0 Å². The summed E-state index contributed by atoms with van der Waals surface area (Å²) in [4.78, 5) is 167. The number of nitrogens with zero attached hydrogens (tertiary/aromatic N) is 7. The largest absolute Gasteiger partial charge is 0.416 e. The van der Waals surface area contributed by atoms with Crippen molar-refractivity contribution in [3.63, 3.8) is 0 Å². The lowest BCUT2D eigenvalue weighted by molar-refractivity contribution is -0.149. The highest BCUT2D eigenvalue weighted by Crippen LogP contribution is 2.41. The Morgan fingerprint density at radius 3 is 1.83 bits per heavy atom. The molecule has 0 aromatic heterocycles. The number of amides is 11. The molecule has 1 unspecified atom stereocenters. The van der Waals surface area contributed by atoms with Gasteiger partial charge in [0.2, 0.25) is 65.0 Å². The number of carbonyl (C=O) groups is 11. The van der Waals surface area contributed by atoms with Gasteiger partial charge in [-0.05, 0) is 119 Å². The van der Waals surface area contributed by atoms with Gasteiger partial charge in [0.05, 0.1) is 25.2 Å². The van der Waals surface area contributed by atoms with Crippen molar-refractivity contribution >= 4 is 76.6 Å². The molecule has 0 bridgehead atoms. The number of nitrogens with one attached hydrogen (secondary N) is 4. The molecule has 0 radical (unpaired) electrons. The zero-order valence-electron chi connectivity index (χ0n) is 54.5. The van der Waals surface area contributed by atoms with Crippen LogP contribution in [0.1, 0.15) is 130 Å². The Hall–Kier alpha value is -7.31. The fraction of sp³-hybridized carbons (Fsp3) is 0.641. The van der Waals surface area contributed by atoms with Crippen molar-refractivity contribution in [1.29, 1.82) is 0 Å². The molecule has 26 heteroatoms. The zero-order chi connectivity index (χ0) is 67.4. The number of benzene rings is 2. The summed E-state index contributed by atoms with van der Waals surface area (Å²) in [6.45, 7) is 11.5. The molecule has 11 amide bonds. The number of rotatable bonds is 9. The lowest BCUT2D eigenvalue weighted by atomic mass is 9.84. The molecule has 2 saturated heterocycles. The van der Waals surface area contributed by atoms with Gasteiger partial charge in [-0.3, -0.25) is 52.7 Å². The number of halogens is 4. The third kappa shape index (κ3) is 19.1. The standard InChI is InChI=1S/C64H93ClF3N11O11/c1-15-38(4)55-61(89)75(11)35-53(82)73(9)36-54(83)77(13)50(32-42-22-27-45(65)28-23-42)60(88)74(10)34-51(80)70-46(29-24-41-20-25-44(26-21-41)64(66,67)68)59(87)79-47-19-17-16-18-43(47)33-49(79)58(86)72-63(7,8)62(90)78(14)48(30-37(2)3)57(85)69-39(5)31-52(81)76(12)40(6)56(84)71-55/h20-23,25-28,37-40,43,46-50,55H,15-19,24,29-36H2,1-14H3,(H,69,85)(H,70,80)(H,71,84)(H,72,86)/t38?,39-,40+,43+,46+,47+,48+,49+,50+,55+/m1/s1. The Bertz CT molecular complexity index is 2930. The van der Waals surface area contributed by atoms with E-state index in [0.29, 0.717) is 41.8 Å². The quantitative estimate of drug-likeness (QED) is 0.273. The van der Waals surface area contributed by atoms with E-state index in [2.05, 4.69) is 21.3 Å². The molecule has 4 N–H and O–H groups in total. The Labute approximate surface area is 532 Å². The minimum absolute atomic E-state index is 0.0108. The number of carbonyl (C=O) groups excluding carboxylic acids is 11. The fourth-order valence-electron chi connectivity index (χ4n) is 11.9. The predicted molar refractivity (Wildman–Crippen MR) is 331 cm³/mol. The van der Waals surface area contributed by atoms with Crippen molar-refractivity contribution in [2.45, 2.75) is 186 Å². The maximum atomic E-state index is 15.4. The fourth-order valence-corrected chi connectivity index (χ4v) is 12.0. The summed E-state index contributed by atoms with van der Waals surface area (Å²) in [6.07, 6.45) is -1.67. The lowest BCUT2D eigenvalue weighted by Gasteiger charge is -2.38. The van der Waals surface area contributed by atoms with Crippen LogP contribution in [-0.4, -0.2) is 215 Å². The summed E-state index contributed by atoms with van der Waals surface area (Å²) >= 11 is 6.21. The van der Waals surface area contributed by atoms with E-state index in [-0.39, 0.29) is 50.4 Å². The molecule has 1 aliphatic carbocycles. The van der Waals surface area contributed by atoms with E-state index in [1.54, 1.807) is 38.1 Å². The SMILES string of the molecule is CCC(C)[C@@H]1NC(=O)[C@H](C)N(C)C(=O)C[C@@H](C)NC(=O)[C@H](CC(C)C)N(C)C(=O)C(C)(C)NC(=O)[C@@H]2C[C@@H]3CCCC[C@@H]3N2C(=O)[C@H](CCc2ccc(C(F)(F)F)cc2)NC(=O)CN(C)C(=O)[C@H](Cc2ccc(Cl)cc2)N(C)C(=O)CN(C)C(=O)CN(C)C1=O. The Balaban J connectivity index is 1.56. The number of fused-ring (bicyclic) bond motifs is 3. The molecule has 2 aliphatic heterocycles.